The van der Waals surface area contributed by atoms with Gasteiger partial charge in [0.2, 0.25) is 0 Å². The van der Waals surface area contributed by atoms with E-state index in [1.165, 1.54) is 6.07 Å². The Morgan fingerprint density at radius 1 is 1.00 bits per heavy atom. The molecule has 0 spiro atoms. The molecule has 0 aliphatic rings. The van der Waals surface area contributed by atoms with Crippen molar-refractivity contribution in [2.24, 2.45) is 0 Å². The molecule has 20 heavy (non-hydrogen) atoms. The van der Waals surface area contributed by atoms with Crippen LogP contribution in [0.4, 0.5) is 4.39 Å². The first-order valence-corrected chi connectivity index (χ1v) is 6.69. The van der Waals surface area contributed by atoms with Crippen LogP contribution >= 0.6 is 23.2 Å². The van der Waals surface area contributed by atoms with Crippen LogP contribution in [0.3, 0.4) is 0 Å². The van der Waals surface area contributed by atoms with Gasteiger partial charge in [-0.05, 0) is 36.8 Å². The molecule has 5 heteroatoms. The predicted octanol–water partition coefficient (Wildman–Crippen LogP) is 5.05. The maximum atomic E-state index is 13.6. The van der Waals surface area contributed by atoms with Crippen molar-refractivity contribution in [3.05, 3.63) is 58.0 Å². The number of halogens is 3. The van der Waals surface area contributed by atoms with Crippen molar-refractivity contribution in [2.45, 2.75) is 6.92 Å². The van der Waals surface area contributed by atoms with Crippen molar-refractivity contribution in [3.63, 3.8) is 0 Å². The van der Waals surface area contributed by atoms with Crippen LogP contribution in [0.5, 0.6) is 0 Å². The minimum Gasteiger partial charge on any atom is -0.228 e. The van der Waals surface area contributed by atoms with Crippen LogP contribution in [0, 0.1) is 12.7 Å². The summed E-state index contributed by atoms with van der Waals surface area (Å²) in [5.41, 5.74) is 1.84. The first-order valence-electron chi connectivity index (χ1n) is 5.94. The molecule has 0 atom stereocenters. The Bertz CT molecular complexity index is 818. The smallest absolute Gasteiger partial charge is 0.161 e. The van der Waals surface area contributed by atoms with Gasteiger partial charge in [0, 0.05) is 16.0 Å². The summed E-state index contributed by atoms with van der Waals surface area (Å²) in [7, 11) is 0. The molecule has 100 valence electrons. The molecule has 0 saturated heterocycles. The largest absolute Gasteiger partial charge is 0.228 e. The van der Waals surface area contributed by atoms with Gasteiger partial charge in [0.25, 0.3) is 0 Å². The second-order valence-corrected chi connectivity index (χ2v) is 5.26. The van der Waals surface area contributed by atoms with Gasteiger partial charge in [0.05, 0.1) is 5.52 Å². The number of benzene rings is 2. The van der Waals surface area contributed by atoms with E-state index in [0.717, 1.165) is 0 Å². The van der Waals surface area contributed by atoms with Crippen molar-refractivity contribution in [1.29, 1.82) is 0 Å². The van der Waals surface area contributed by atoms with Crippen LogP contribution in [0.15, 0.2) is 36.4 Å². The van der Waals surface area contributed by atoms with Crippen molar-refractivity contribution in [3.8, 4) is 11.4 Å². The van der Waals surface area contributed by atoms with E-state index in [0.29, 0.717) is 38.0 Å². The zero-order valence-corrected chi connectivity index (χ0v) is 12.0. The second kappa shape index (κ2) is 5.00. The Morgan fingerprint density at radius 2 is 1.80 bits per heavy atom. The molecule has 0 fully saturated rings. The molecular weight excluding hydrogens is 298 g/mol. The van der Waals surface area contributed by atoms with E-state index in [4.69, 9.17) is 23.2 Å². The summed E-state index contributed by atoms with van der Waals surface area (Å²) in [5, 5.41) is 1.54. The number of aryl methyl sites for hydroxylation is 1. The molecule has 0 aliphatic carbocycles. The third-order valence-corrected chi connectivity index (χ3v) is 3.56. The van der Waals surface area contributed by atoms with E-state index in [1.807, 2.05) is 0 Å². The highest BCUT2D eigenvalue weighted by molar-refractivity contribution is 6.35. The van der Waals surface area contributed by atoms with Gasteiger partial charge in [-0.25, -0.2) is 14.4 Å². The van der Waals surface area contributed by atoms with Gasteiger partial charge in [-0.15, -0.1) is 0 Å². The monoisotopic (exact) mass is 306 g/mol. The van der Waals surface area contributed by atoms with E-state index in [9.17, 15) is 4.39 Å². The fraction of sp³-hybridized carbons (Fsp3) is 0.0667. The molecule has 0 amide bonds. The molecule has 1 aromatic heterocycles. The quantitative estimate of drug-likeness (QED) is 0.588. The van der Waals surface area contributed by atoms with E-state index < -0.39 is 0 Å². The van der Waals surface area contributed by atoms with Crippen molar-refractivity contribution in [1.82, 2.24) is 9.97 Å². The van der Waals surface area contributed by atoms with E-state index in [-0.39, 0.29) is 5.82 Å². The number of rotatable bonds is 1. The molecule has 0 N–H and O–H groups in total. The maximum Gasteiger partial charge on any atom is 0.161 e. The average molecular weight is 307 g/mol. The normalized spacial score (nSPS) is 11.0. The number of nitrogens with zero attached hydrogens (tertiary/aromatic N) is 2. The summed E-state index contributed by atoms with van der Waals surface area (Å²) in [6.45, 7) is 1.70. The maximum absolute atomic E-state index is 13.6. The fourth-order valence-corrected chi connectivity index (χ4v) is 2.33. The number of aromatic nitrogens is 2. The molecular formula is C15H9Cl2FN2. The van der Waals surface area contributed by atoms with Crippen molar-refractivity contribution >= 4 is 34.1 Å². The molecule has 0 radical (unpaired) electrons. The van der Waals surface area contributed by atoms with Crippen LogP contribution < -0.4 is 0 Å². The third-order valence-electron chi connectivity index (χ3n) is 3.04. The lowest BCUT2D eigenvalue weighted by molar-refractivity contribution is 0.619. The summed E-state index contributed by atoms with van der Waals surface area (Å²) in [5.74, 6) is 0.0992. The number of hydrogen-bond acceptors (Lipinski definition) is 2. The van der Waals surface area contributed by atoms with E-state index >= 15 is 0 Å². The molecule has 0 saturated carbocycles. The van der Waals surface area contributed by atoms with Gasteiger partial charge in [-0.1, -0.05) is 35.3 Å². The van der Waals surface area contributed by atoms with Crippen LogP contribution in [0.2, 0.25) is 10.2 Å². The number of fused-ring (bicyclic) bond motifs is 1. The van der Waals surface area contributed by atoms with Gasteiger partial charge in [-0.2, -0.15) is 0 Å². The number of hydrogen-bond donors (Lipinski definition) is 0. The zero-order valence-electron chi connectivity index (χ0n) is 10.5. The molecule has 0 unspecified atom stereocenters. The summed E-state index contributed by atoms with van der Waals surface area (Å²) < 4.78 is 13.6. The highest BCUT2D eigenvalue weighted by Gasteiger charge is 2.10. The second-order valence-electron chi connectivity index (χ2n) is 4.46. The van der Waals surface area contributed by atoms with Crippen LogP contribution in [-0.2, 0) is 0 Å². The molecule has 0 aliphatic heterocycles. The van der Waals surface area contributed by atoms with Gasteiger partial charge >= 0.3 is 0 Å². The first-order chi connectivity index (χ1) is 9.54. The zero-order chi connectivity index (χ0) is 14.3. The lowest BCUT2D eigenvalue weighted by Crippen LogP contribution is -1.93. The summed E-state index contributed by atoms with van der Waals surface area (Å²) >= 11 is 12.1. The van der Waals surface area contributed by atoms with Crippen LogP contribution in [0.25, 0.3) is 22.3 Å². The van der Waals surface area contributed by atoms with E-state index in [1.54, 1.807) is 37.3 Å². The van der Waals surface area contributed by atoms with Gasteiger partial charge in [0.1, 0.15) is 11.0 Å². The minimum atomic E-state index is -0.293. The van der Waals surface area contributed by atoms with E-state index in [2.05, 4.69) is 9.97 Å². The average Bonchev–Trinajstić information content (AvgIpc) is 2.42. The van der Waals surface area contributed by atoms with Crippen LogP contribution in [-0.4, -0.2) is 9.97 Å². The predicted molar refractivity (Wildman–Crippen MR) is 79.7 cm³/mol. The molecule has 0 bridgehead atoms. The Labute approximate surface area is 125 Å². The summed E-state index contributed by atoms with van der Waals surface area (Å²) in [6, 6.07) is 10.1. The van der Waals surface area contributed by atoms with Gasteiger partial charge < -0.3 is 0 Å². The topological polar surface area (TPSA) is 25.8 Å². The Kier molecular flexibility index (Phi) is 3.32. The Hall–Kier alpha value is -1.71. The Balaban J connectivity index is 2.21. The third kappa shape index (κ3) is 2.35. The lowest BCUT2D eigenvalue weighted by Gasteiger charge is -2.06. The fourth-order valence-electron chi connectivity index (χ4n) is 1.92. The minimum absolute atomic E-state index is 0.293. The van der Waals surface area contributed by atoms with Crippen LogP contribution in [0.1, 0.15) is 5.56 Å². The highest BCUT2D eigenvalue weighted by Crippen LogP contribution is 2.27. The lowest BCUT2D eigenvalue weighted by atomic mass is 10.1. The summed E-state index contributed by atoms with van der Waals surface area (Å²) in [4.78, 5) is 8.61. The molecule has 2 nitrogen and oxygen atoms in total. The molecule has 3 aromatic rings. The highest BCUT2D eigenvalue weighted by atomic mass is 35.5. The van der Waals surface area contributed by atoms with Gasteiger partial charge in [-0.3, -0.25) is 0 Å². The first kappa shape index (κ1) is 13.3. The van der Waals surface area contributed by atoms with Crippen molar-refractivity contribution < 1.29 is 4.39 Å². The molecule has 2 aromatic carbocycles. The SMILES string of the molecule is Cc1ccc(-c2nc(Cl)c3cc(Cl)ccc3n2)cc1F. The van der Waals surface area contributed by atoms with Crippen molar-refractivity contribution in [2.75, 3.05) is 0 Å². The Morgan fingerprint density at radius 3 is 2.55 bits per heavy atom. The summed E-state index contributed by atoms with van der Waals surface area (Å²) in [6.07, 6.45) is 0. The van der Waals surface area contributed by atoms with Gasteiger partial charge in [0.15, 0.2) is 5.82 Å². The standard InChI is InChI=1S/C15H9Cl2FN2/c1-8-2-3-9(6-12(8)18)15-19-13-5-4-10(16)7-11(13)14(17)20-15/h2-7H,1H3. The molecule has 3 rings (SSSR count). The molecule has 1 heterocycles.